The van der Waals surface area contributed by atoms with E-state index in [1.54, 1.807) is 0 Å². The van der Waals surface area contributed by atoms with Crippen LogP contribution >= 0.6 is 11.3 Å². The Bertz CT molecular complexity index is 532. The molecule has 1 aromatic carbocycles. The molecule has 21 heavy (non-hydrogen) atoms. The van der Waals surface area contributed by atoms with Crippen molar-refractivity contribution in [3.8, 4) is 0 Å². The fourth-order valence-electron chi connectivity index (χ4n) is 2.48. The smallest absolute Gasteiger partial charge is 0.0440 e. The summed E-state index contributed by atoms with van der Waals surface area (Å²) in [6.45, 7) is 12.2. The highest BCUT2D eigenvalue weighted by Crippen LogP contribution is 2.26. The number of thiophene rings is 1. The average molecular weight is 301 g/mol. The molecule has 0 aliphatic heterocycles. The molecule has 1 unspecified atom stereocenters. The maximum atomic E-state index is 3.71. The van der Waals surface area contributed by atoms with Crippen molar-refractivity contribution in [2.24, 2.45) is 5.92 Å². The third-order valence-electron chi connectivity index (χ3n) is 3.86. The van der Waals surface area contributed by atoms with Crippen molar-refractivity contribution < 1.29 is 0 Å². The summed E-state index contributed by atoms with van der Waals surface area (Å²) in [5.74, 6) is 0.595. The van der Waals surface area contributed by atoms with Gasteiger partial charge in [-0.1, -0.05) is 65.0 Å². The van der Waals surface area contributed by atoms with E-state index in [0.29, 0.717) is 12.0 Å². The van der Waals surface area contributed by atoms with Gasteiger partial charge in [-0.05, 0) is 33.9 Å². The Hall–Kier alpha value is -1.12. The molecule has 0 saturated heterocycles. The number of nitrogens with one attached hydrogen (secondary N) is 1. The molecule has 1 aromatic heterocycles. The Morgan fingerprint density at radius 3 is 2.19 bits per heavy atom. The van der Waals surface area contributed by atoms with Crippen molar-refractivity contribution in [1.29, 1.82) is 0 Å². The summed E-state index contributed by atoms with van der Waals surface area (Å²) in [6, 6.07) is 13.8. The van der Waals surface area contributed by atoms with E-state index in [1.165, 1.54) is 16.0 Å². The largest absolute Gasteiger partial charge is 0.305 e. The van der Waals surface area contributed by atoms with Gasteiger partial charge in [-0.15, -0.1) is 11.3 Å². The third kappa shape index (κ3) is 4.42. The molecule has 1 N–H and O–H groups in total. The molecule has 0 aliphatic rings. The summed E-state index contributed by atoms with van der Waals surface area (Å²) in [4.78, 5) is 1.43. The predicted octanol–water partition coefficient (Wildman–Crippen LogP) is 5.53. The summed E-state index contributed by atoms with van der Waals surface area (Å²) >= 11 is 1.84. The first-order valence-corrected chi connectivity index (χ1v) is 8.62. The lowest BCUT2D eigenvalue weighted by Crippen LogP contribution is -2.24. The molecule has 0 aliphatic carbocycles. The molecule has 0 fully saturated rings. The van der Waals surface area contributed by atoms with Gasteiger partial charge in [-0.2, -0.15) is 0 Å². The van der Waals surface area contributed by atoms with Crippen LogP contribution < -0.4 is 5.32 Å². The molecular weight excluding hydrogens is 274 g/mol. The molecule has 0 saturated carbocycles. The number of rotatable bonds is 5. The topological polar surface area (TPSA) is 12.0 Å². The van der Waals surface area contributed by atoms with Crippen molar-refractivity contribution in [1.82, 2.24) is 5.32 Å². The van der Waals surface area contributed by atoms with Crippen molar-refractivity contribution >= 4 is 11.3 Å². The first-order chi connectivity index (χ1) is 9.88. The average Bonchev–Trinajstić information content (AvgIpc) is 2.92. The van der Waals surface area contributed by atoms with Gasteiger partial charge in [0.25, 0.3) is 0 Å². The minimum absolute atomic E-state index is 0.226. The van der Waals surface area contributed by atoms with Crippen LogP contribution in [0.3, 0.4) is 0 Å². The summed E-state index contributed by atoms with van der Waals surface area (Å²) < 4.78 is 0. The van der Waals surface area contributed by atoms with E-state index in [2.05, 4.69) is 81.7 Å². The summed E-state index contributed by atoms with van der Waals surface area (Å²) in [6.07, 6.45) is 0. The normalized spacial score (nSPS) is 13.6. The highest BCUT2D eigenvalue weighted by Gasteiger charge is 2.16. The number of benzene rings is 1. The maximum Gasteiger partial charge on any atom is 0.0440 e. The predicted molar refractivity (Wildman–Crippen MR) is 93.9 cm³/mol. The van der Waals surface area contributed by atoms with E-state index < -0.39 is 0 Å². The molecule has 2 heteroatoms. The lowest BCUT2D eigenvalue weighted by molar-refractivity contribution is 0.416. The van der Waals surface area contributed by atoms with Gasteiger partial charge in [-0.25, -0.2) is 0 Å². The zero-order chi connectivity index (χ0) is 15.5. The SMILES string of the molecule is CC(C)C(NCc1ccc(C(C)(C)C)cc1)c1cccs1. The Kier molecular flexibility index (Phi) is 5.23. The summed E-state index contributed by atoms with van der Waals surface area (Å²) in [5.41, 5.74) is 2.97. The fourth-order valence-corrected chi connectivity index (χ4v) is 3.46. The quantitative estimate of drug-likeness (QED) is 0.765. The molecule has 2 rings (SSSR count). The van der Waals surface area contributed by atoms with Crippen LogP contribution in [0.5, 0.6) is 0 Å². The van der Waals surface area contributed by atoms with Crippen LogP contribution in [0.2, 0.25) is 0 Å². The standard InChI is InChI=1S/C19H27NS/c1-14(2)18(17-7-6-12-21-17)20-13-15-8-10-16(11-9-15)19(3,4)5/h6-12,14,18,20H,13H2,1-5H3. The van der Waals surface area contributed by atoms with Gasteiger partial charge in [0.2, 0.25) is 0 Å². The zero-order valence-electron chi connectivity index (χ0n) is 13.8. The minimum Gasteiger partial charge on any atom is -0.305 e. The van der Waals surface area contributed by atoms with Crippen molar-refractivity contribution in [2.75, 3.05) is 0 Å². The third-order valence-corrected chi connectivity index (χ3v) is 4.82. The van der Waals surface area contributed by atoms with E-state index in [0.717, 1.165) is 6.54 Å². The Balaban J connectivity index is 2.01. The highest BCUT2D eigenvalue weighted by molar-refractivity contribution is 7.10. The van der Waals surface area contributed by atoms with Gasteiger partial charge in [-0.3, -0.25) is 0 Å². The monoisotopic (exact) mass is 301 g/mol. The van der Waals surface area contributed by atoms with Crippen LogP contribution in [0.1, 0.15) is 56.7 Å². The molecule has 0 radical (unpaired) electrons. The second kappa shape index (κ2) is 6.76. The van der Waals surface area contributed by atoms with Gasteiger partial charge in [0.15, 0.2) is 0 Å². The van der Waals surface area contributed by atoms with Crippen LogP contribution in [0.4, 0.5) is 0 Å². The molecular formula is C19H27NS. The molecule has 0 bridgehead atoms. The number of hydrogen-bond donors (Lipinski definition) is 1. The molecule has 0 spiro atoms. The van der Waals surface area contributed by atoms with Crippen LogP contribution in [-0.4, -0.2) is 0 Å². The highest BCUT2D eigenvalue weighted by atomic mass is 32.1. The van der Waals surface area contributed by atoms with Gasteiger partial charge in [0.05, 0.1) is 0 Å². The van der Waals surface area contributed by atoms with Crippen LogP contribution in [0, 0.1) is 5.92 Å². The molecule has 1 nitrogen and oxygen atoms in total. The molecule has 0 amide bonds. The van der Waals surface area contributed by atoms with Gasteiger partial charge < -0.3 is 5.32 Å². The Morgan fingerprint density at radius 2 is 1.71 bits per heavy atom. The lowest BCUT2D eigenvalue weighted by Gasteiger charge is -2.22. The molecule has 1 atom stereocenters. The van der Waals surface area contributed by atoms with Crippen LogP contribution in [0.25, 0.3) is 0 Å². The van der Waals surface area contributed by atoms with E-state index >= 15 is 0 Å². The summed E-state index contributed by atoms with van der Waals surface area (Å²) in [7, 11) is 0. The van der Waals surface area contributed by atoms with Crippen LogP contribution in [0.15, 0.2) is 41.8 Å². The molecule has 2 aromatic rings. The van der Waals surface area contributed by atoms with E-state index in [1.807, 2.05) is 11.3 Å². The van der Waals surface area contributed by atoms with Gasteiger partial charge in [0.1, 0.15) is 0 Å². The van der Waals surface area contributed by atoms with E-state index in [9.17, 15) is 0 Å². The fraction of sp³-hybridized carbons (Fsp3) is 0.474. The van der Waals surface area contributed by atoms with Gasteiger partial charge >= 0.3 is 0 Å². The lowest BCUT2D eigenvalue weighted by atomic mass is 9.87. The van der Waals surface area contributed by atoms with Crippen molar-refractivity contribution in [2.45, 2.75) is 52.6 Å². The second-order valence-corrected chi connectivity index (χ2v) is 8.04. The van der Waals surface area contributed by atoms with Gasteiger partial charge in [0, 0.05) is 17.5 Å². The first kappa shape index (κ1) is 16.3. The van der Waals surface area contributed by atoms with Crippen molar-refractivity contribution in [3.63, 3.8) is 0 Å². The van der Waals surface area contributed by atoms with E-state index in [-0.39, 0.29) is 5.41 Å². The van der Waals surface area contributed by atoms with Crippen LogP contribution in [-0.2, 0) is 12.0 Å². The maximum absolute atomic E-state index is 3.71. The second-order valence-electron chi connectivity index (χ2n) is 7.06. The zero-order valence-corrected chi connectivity index (χ0v) is 14.6. The minimum atomic E-state index is 0.226. The summed E-state index contributed by atoms with van der Waals surface area (Å²) in [5, 5.41) is 5.86. The Morgan fingerprint density at radius 1 is 1.05 bits per heavy atom. The first-order valence-electron chi connectivity index (χ1n) is 7.74. The van der Waals surface area contributed by atoms with E-state index in [4.69, 9.17) is 0 Å². The molecule has 1 heterocycles. The Labute approximate surface area is 133 Å². The number of hydrogen-bond acceptors (Lipinski definition) is 2. The van der Waals surface area contributed by atoms with Crippen molar-refractivity contribution in [3.05, 3.63) is 57.8 Å². The molecule has 114 valence electrons.